The number of piperidine rings is 1. The Morgan fingerprint density at radius 2 is 2.38 bits per heavy atom. The first-order chi connectivity index (χ1) is 10.2. The van der Waals surface area contributed by atoms with E-state index in [2.05, 4.69) is 28.1 Å². The predicted molar refractivity (Wildman–Crippen MR) is 80.4 cm³/mol. The predicted octanol–water partition coefficient (Wildman–Crippen LogP) is 0.790. The van der Waals surface area contributed by atoms with Crippen molar-refractivity contribution in [2.75, 3.05) is 20.1 Å². The van der Waals surface area contributed by atoms with Crippen molar-refractivity contribution in [3.8, 4) is 11.8 Å². The number of hydrogen-bond acceptors (Lipinski definition) is 4. The Hall–Kier alpha value is -1.12. The maximum atomic E-state index is 10.0. The zero-order chi connectivity index (χ0) is 14.4. The minimum absolute atomic E-state index is 0.317. The Morgan fingerprint density at radius 1 is 1.48 bits per heavy atom. The Balaban J connectivity index is 1.75. The van der Waals surface area contributed by atoms with Crippen LogP contribution in [0.5, 0.6) is 0 Å². The van der Waals surface area contributed by atoms with E-state index in [1.165, 1.54) is 12.8 Å². The molecule has 2 bridgehead atoms. The van der Waals surface area contributed by atoms with E-state index in [1.807, 2.05) is 13.1 Å². The maximum Gasteiger partial charge on any atom is 0.176 e. The standard InChI is InChI=1S/C17H22N2O2/c1-18-7-4-5-12-9-13-11-17(14(12)10-16(20)21-17)15-6-2-3-8-19(13)15/h9-10,13,15-16,18,20H,2-3,6-8,11H2,1H3/t13-,15-,16?,17+/m1/s1. The molecule has 3 aliphatic heterocycles. The van der Waals surface area contributed by atoms with Crippen molar-refractivity contribution in [1.82, 2.24) is 10.2 Å². The van der Waals surface area contributed by atoms with Crippen LogP contribution in [0.15, 0.2) is 23.3 Å². The SMILES string of the molecule is CNCC#CC1=C[C@@H]2C[C@@]3(OC(O)C=C13)[C@H]1CCCCN21. The van der Waals surface area contributed by atoms with Gasteiger partial charge in [-0.25, -0.2) is 0 Å². The molecule has 1 spiro atoms. The van der Waals surface area contributed by atoms with Crippen LogP contribution < -0.4 is 5.32 Å². The lowest BCUT2D eigenvalue weighted by Crippen LogP contribution is -2.48. The molecule has 0 radical (unpaired) electrons. The molecule has 2 saturated heterocycles. The summed E-state index contributed by atoms with van der Waals surface area (Å²) in [6.07, 6.45) is 8.02. The summed E-state index contributed by atoms with van der Waals surface area (Å²) in [6.45, 7) is 1.82. The molecular formula is C17H22N2O2. The van der Waals surface area contributed by atoms with Gasteiger partial charge in [-0.2, -0.15) is 0 Å². The molecule has 4 heteroatoms. The van der Waals surface area contributed by atoms with Gasteiger partial charge < -0.3 is 15.2 Å². The van der Waals surface area contributed by atoms with Gasteiger partial charge in [-0.3, -0.25) is 4.90 Å². The van der Waals surface area contributed by atoms with E-state index < -0.39 is 6.29 Å². The van der Waals surface area contributed by atoms with Crippen molar-refractivity contribution in [3.05, 3.63) is 23.3 Å². The zero-order valence-corrected chi connectivity index (χ0v) is 12.4. The molecule has 0 saturated carbocycles. The first kappa shape index (κ1) is 13.5. The molecule has 4 aliphatic rings. The summed E-state index contributed by atoms with van der Waals surface area (Å²) in [4.78, 5) is 2.57. The van der Waals surface area contributed by atoms with Crippen LogP contribution >= 0.6 is 0 Å². The Bertz CT molecular complexity index is 571. The summed E-state index contributed by atoms with van der Waals surface area (Å²) >= 11 is 0. The largest absolute Gasteiger partial charge is 0.365 e. The summed E-state index contributed by atoms with van der Waals surface area (Å²) < 4.78 is 6.05. The van der Waals surface area contributed by atoms with Gasteiger partial charge in [-0.15, -0.1) is 0 Å². The number of rotatable bonds is 1. The molecule has 0 aromatic carbocycles. The molecule has 2 N–H and O–H groups in total. The van der Waals surface area contributed by atoms with Crippen LogP contribution in [0, 0.1) is 11.8 Å². The van der Waals surface area contributed by atoms with Crippen molar-refractivity contribution in [1.29, 1.82) is 0 Å². The molecule has 1 unspecified atom stereocenters. The third kappa shape index (κ3) is 1.92. The van der Waals surface area contributed by atoms with Gasteiger partial charge in [0.25, 0.3) is 0 Å². The maximum absolute atomic E-state index is 10.0. The number of nitrogens with zero attached hydrogens (tertiary/aromatic N) is 1. The number of ether oxygens (including phenoxy) is 1. The van der Waals surface area contributed by atoms with E-state index in [9.17, 15) is 5.11 Å². The number of hydrogen-bond donors (Lipinski definition) is 2. The fourth-order valence-electron chi connectivity index (χ4n) is 4.52. The van der Waals surface area contributed by atoms with Crippen LogP contribution in [0.4, 0.5) is 0 Å². The lowest BCUT2D eigenvalue weighted by atomic mass is 9.77. The fourth-order valence-corrected chi connectivity index (χ4v) is 4.52. The highest BCUT2D eigenvalue weighted by Crippen LogP contribution is 2.54. The third-order valence-corrected chi connectivity index (χ3v) is 5.25. The lowest BCUT2D eigenvalue weighted by Gasteiger charge is -2.39. The quantitative estimate of drug-likeness (QED) is 0.700. The minimum atomic E-state index is -0.782. The van der Waals surface area contributed by atoms with E-state index in [-0.39, 0.29) is 5.60 Å². The normalized spacial score (nSPS) is 40.8. The number of aliphatic hydroxyl groups is 1. The Labute approximate surface area is 125 Å². The molecule has 0 amide bonds. The van der Waals surface area contributed by atoms with Crippen LogP contribution in [0.3, 0.4) is 0 Å². The number of nitrogens with one attached hydrogen (secondary N) is 1. The Morgan fingerprint density at radius 3 is 3.24 bits per heavy atom. The summed E-state index contributed by atoms with van der Waals surface area (Å²) in [6, 6.07) is 0.816. The average molecular weight is 286 g/mol. The molecule has 4 nitrogen and oxygen atoms in total. The minimum Gasteiger partial charge on any atom is -0.365 e. The molecule has 2 fully saturated rings. The van der Waals surface area contributed by atoms with Crippen LogP contribution in [0.2, 0.25) is 0 Å². The van der Waals surface area contributed by atoms with Gasteiger partial charge in [-0.05, 0) is 32.5 Å². The molecule has 4 rings (SSSR count). The molecule has 21 heavy (non-hydrogen) atoms. The van der Waals surface area contributed by atoms with Gasteiger partial charge in [0.1, 0.15) is 5.60 Å². The summed E-state index contributed by atoms with van der Waals surface area (Å²) in [7, 11) is 1.90. The van der Waals surface area contributed by atoms with Gasteiger partial charge in [0.05, 0.1) is 6.54 Å². The molecular weight excluding hydrogens is 264 g/mol. The van der Waals surface area contributed by atoms with E-state index in [1.54, 1.807) is 0 Å². The highest BCUT2D eigenvalue weighted by atomic mass is 16.6. The lowest BCUT2D eigenvalue weighted by molar-refractivity contribution is -0.138. The molecule has 112 valence electrons. The van der Waals surface area contributed by atoms with Crippen molar-refractivity contribution in [2.24, 2.45) is 0 Å². The topological polar surface area (TPSA) is 44.7 Å². The van der Waals surface area contributed by atoms with Gasteiger partial charge in [0, 0.05) is 29.7 Å². The fraction of sp³-hybridized carbons (Fsp3) is 0.647. The average Bonchev–Trinajstić information content (AvgIpc) is 2.96. The van der Waals surface area contributed by atoms with E-state index in [0.717, 1.165) is 30.5 Å². The summed E-state index contributed by atoms with van der Waals surface area (Å²) in [5, 5.41) is 13.1. The second-order valence-corrected chi connectivity index (χ2v) is 6.41. The van der Waals surface area contributed by atoms with Gasteiger partial charge in [-0.1, -0.05) is 24.3 Å². The second kappa shape index (κ2) is 4.96. The highest BCUT2D eigenvalue weighted by Gasteiger charge is 2.60. The summed E-state index contributed by atoms with van der Waals surface area (Å²) in [5.74, 6) is 6.44. The molecule has 4 atom stereocenters. The molecule has 1 aliphatic carbocycles. The smallest absolute Gasteiger partial charge is 0.176 e. The van der Waals surface area contributed by atoms with Crippen molar-refractivity contribution in [3.63, 3.8) is 0 Å². The van der Waals surface area contributed by atoms with E-state index >= 15 is 0 Å². The molecule has 0 aromatic rings. The van der Waals surface area contributed by atoms with Crippen molar-refractivity contribution >= 4 is 0 Å². The van der Waals surface area contributed by atoms with Crippen molar-refractivity contribution < 1.29 is 9.84 Å². The number of aliphatic hydroxyl groups excluding tert-OH is 1. The molecule has 0 aromatic heterocycles. The Kier molecular flexibility index (Phi) is 3.20. The molecule has 3 heterocycles. The van der Waals surface area contributed by atoms with Crippen LogP contribution in [-0.2, 0) is 4.74 Å². The highest BCUT2D eigenvalue weighted by molar-refractivity contribution is 5.57. The van der Waals surface area contributed by atoms with E-state index in [0.29, 0.717) is 18.6 Å². The van der Waals surface area contributed by atoms with Crippen LogP contribution in [0.1, 0.15) is 25.7 Å². The first-order valence-electron chi connectivity index (χ1n) is 7.94. The van der Waals surface area contributed by atoms with Gasteiger partial charge >= 0.3 is 0 Å². The zero-order valence-electron chi connectivity index (χ0n) is 12.4. The third-order valence-electron chi connectivity index (χ3n) is 5.25. The van der Waals surface area contributed by atoms with Crippen molar-refractivity contribution in [2.45, 2.75) is 49.7 Å². The number of fused-ring (bicyclic) bond motifs is 3. The second-order valence-electron chi connectivity index (χ2n) is 6.41. The monoisotopic (exact) mass is 286 g/mol. The summed E-state index contributed by atoms with van der Waals surface area (Å²) in [5.41, 5.74) is 1.87. The first-order valence-corrected chi connectivity index (χ1v) is 7.94. The van der Waals surface area contributed by atoms with Gasteiger partial charge in [0.15, 0.2) is 6.29 Å². The van der Waals surface area contributed by atoms with E-state index in [4.69, 9.17) is 4.74 Å². The van der Waals surface area contributed by atoms with Crippen LogP contribution in [0.25, 0.3) is 0 Å². The van der Waals surface area contributed by atoms with Gasteiger partial charge in [0.2, 0.25) is 0 Å². The van der Waals surface area contributed by atoms with Crippen LogP contribution in [-0.4, -0.2) is 54.1 Å².